The maximum Gasteiger partial charge on any atom is 0.497 e. The second-order valence-corrected chi connectivity index (χ2v) is 11.1. The van der Waals surface area contributed by atoms with Crippen molar-refractivity contribution in [2.24, 2.45) is 0 Å². The molecule has 2 fully saturated rings. The van der Waals surface area contributed by atoms with Crippen molar-refractivity contribution in [3.63, 3.8) is 0 Å². The summed E-state index contributed by atoms with van der Waals surface area (Å²) in [5, 5.41) is 5.51. The number of anilines is 1. The molecule has 1 N–H and O–H groups in total. The van der Waals surface area contributed by atoms with Crippen LogP contribution in [0.2, 0.25) is 10.3 Å². The first-order valence-corrected chi connectivity index (χ1v) is 15.9. The molecule has 0 bridgehead atoms. The Balaban J connectivity index is 0.00000108. The van der Waals surface area contributed by atoms with Gasteiger partial charge in [-0.25, -0.2) is 4.98 Å². The highest BCUT2D eigenvalue weighted by atomic mass is 35.5. The van der Waals surface area contributed by atoms with E-state index >= 15 is 0 Å². The number of aromatic nitrogens is 4. The van der Waals surface area contributed by atoms with Crippen molar-refractivity contribution >= 4 is 62.7 Å². The fraction of sp³-hybridized carbons (Fsp3) is 0.652. The third-order valence-corrected chi connectivity index (χ3v) is 5.84. The molecular formula is C23H31Cl2MgN5O4. The smallest absolute Gasteiger partial charge is 0.365 e. The Morgan fingerprint density at radius 1 is 1.26 bits per heavy atom. The molecule has 0 aliphatic carbocycles. The molecular weight excluding hydrogens is 505 g/mol. The number of imidazole rings is 1. The molecule has 188 valence electrons. The Morgan fingerprint density at radius 2 is 1.91 bits per heavy atom. The minimum Gasteiger partial charge on any atom is -0.365 e. The van der Waals surface area contributed by atoms with Gasteiger partial charge < -0.3 is 28.6 Å². The number of ketones is 1. The Labute approximate surface area is 224 Å². The lowest BCUT2D eigenvalue weighted by atomic mass is 10.1. The van der Waals surface area contributed by atoms with Gasteiger partial charge in [-0.1, -0.05) is 26.7 Å². The number of ether oxygens (including phenoxy) is 3. The maximum absolute atomic E-state index is 12.7. The molecule has 0 radical (unpaired) electrons. The van der Waals surface area contributed by atoms with Crippen LogP contribution in [0.5, 0.6) is 0 Å². The first-order chi connectivity index (χ1) is 16.7. The van der Waals surface area contributed by atoms with Crippen molar-refractivity contribution in [2.45, 2.75) is 95.3 Å². The largest absolute Gasteiger partial charge is 0.497 e. The highest BCUT2D eigenvalue weighted by Crippen LogP contribution is 2.44. The van der Waals surface area contributed by atoms with Crippen LogP contribution >= 0.6 is 20.7 Å². The number of fused-ring (bicyclic) bond motifs is 2. The predicted octanol–water partition coefficient (Wildman–Crippen LogP) is 4.37. The van der Waals surface area contributed by atoms with Crippen LogP contribution in [-0.4, -0.2) is 74.7 Å². The van der Waals surface area contributed by atoms with Crippen molar-refractivity contribution in [1.29, 1.82) is 0 Å². The van der Waals surface area contributed by atoms with Crippen molar-refractivity contribution in [3.8, 4) is 11.8 Å². The van der Waals surface area contributed by atoms with Gasteiger partial charge in [-0.15, -0.1) is 5.05 Å². The number of hydrogen-bond acceptors (Lipinski definition) is 8. The van der Waals surface area contributed by atoms with E-state index in [2.05, 4.69) is 46.0 Å². The van der Waals surface area contributed by atoms with Crippen LogP contribution in [0.4, 0.5) is 5.82 Å². The lowest BCUT2D eigenvalue weighted by Gasteiger charge is -2.24. The molecule has 2 aliphatic rings. The molecule has 0 unspecified atom stereocenters. The van der Waals surface area contributed by atoms with E-state index < -0.39 is 30.3 Å². The summed E-state index contributed by atoms with van der Waals surface area (Å²) < 4.78 is 20.0. The van der Waals surface area contributed by atoms with Crippen LogP contribution in [0, 0.1) is 11.8 Å². The molecule has 0 spiro atoms. The molecule has 4 rings (SSSR count). The fourth-order valence-electron chi connectivity index (χ4n) is 4.12. The summed E-state index contributed by atoms with van der Waals surface area (Å²) in [6.45, 7) is 9.71. The monoisotopic (exact) mass is 535 g/mol. The molecule has 2 saturated heterocycles. The summed E-state index contributed by atoms with van der Waals surface area (Å²) >= 11 is 6.14. The lowest BCUT2D eigenvalue weighted by molar-refractivity contribution is -0.195. The molecule has 0 saturated carbocycles. The maximum atomic E-state index is 12.7. The summed E-state index contributed by atoms with van der Waals surface area (Å²) in [7, 11) is 5.14. The van der Waals surface area contributed by atoms with E-state index in [0.717, 1.165) is 12.8 Å². The number of halogens is 2. The third kappa shape index (κ3) is 6.39. The van der Waals surface area contributed by atoms with Gasteiger partial charge in [-0.05, 0) is 44.2 Å². The molecule has 12 heteroatoms. The highest BCUT2D eigenvalue weighted by molar-refractivity contribution is 6.92. The average Bonchev–Trinajstić information content (AvgIpc) is 3.46. The van der Waals surface area contributed by atoms with Crippen LogP contribution < -0.4 is 5.32 Å². The summed E-state index contributed by atoms with van der Waals surface area (Å²) in [4.78, 5) is 26.0. The summed E-state index contributed by atoms with van der Waals surface area (Å²) in [6, 6.07) is 0.230. The van der Waals surface area contributed by atoms with Gasteiger partial charge in [0.2, 0.25) is 11.1 Å². The molecule has 2 aromatic heterocycles. The van der Waals surface area contributed by atoms with E-state index in [4.69, 9.17) is 34.9 Å². The Morgan fingerprint density at radius 3 is 2.54 bits per heavy atom. The van der Waals surface area contributed by atoms with Crippen LogP contribution in [0.3, 0.4) is 0 Å². The number of rotatable bonds is 6. The number of nitrogens with one attached hydrogen (secondary N) is 1. The van der Waals surface area contributed by atoms with Gasteiger partial charge in [0.15, 0.2) is 35.1 Å². The van der Waals surface area contributed by atoms with Gasteiger partial charge in [-0.2, -0.15) is 9.97 Å². The second kappa shape index (κ2) is 12.4. The first kappa shape index (κ1) is 28.4. The first-order valence-electron chi connectivity index (χ1n) is 12.0. The van der Waals surface area contributed by atoms with Crippen molar-refractivity contribution in [3.05, 3.63) is 11.6 Å². The minimum atomic E-state index is -0.872. The number of nitrogens with zero attached hydrogens (tertiary/aromatic N) is 4. The normalized spacial score (nSPS) is 24.3. The summed E-state index contributed by atoms with van der Waals surface area (Å²) in [5.41, 5.74) is 1.06. The van der Waals surface area contributed by atoms with Crippen LogP contribution in [0.25, 0.3) is 11.2 Å². The molecule has 9 nitrogen and oxygen atoms in total. The van der Waals surface area contributed by atoms with E-state index in [1.165, 1.54) is 0 Å². The second-order valence-electron chi connectivity index (χ2n) is 8.62. The van der Waals surface area contributed by atoms with Crippen LogP contribution in [0.1, 0.15) is 60.1 Å². The van der Waals surface area contributed by atoms with Crippen LogP contribution in [0.15, 0.2) is 6.33 Å². The predicted molar refractivity (Wildman–Crippen MR) is 137 cm³/mol. The topological polar surface area (TPSA) is 100 Å². The van der Waals surface area contributed by atoms with E-state index in [1.54, 1.807) is 10.9 Å². The van der Waals surface area contributed by atoms with Gasteiger partial charge in [0.1, 0.15) is 12.2 Å². The van der Waals surface area contributed by atoms with Gasteiger partial charge >= 0.3 is 19.3 Å². The van der Waals surface area contributed by atoms with E-state index in [1.807, 2.05) is 25.8 Å². The molecule has 35 heavy (non-hydrogen) atoms. The lowest BCUT2D eigenvalue weighted by Crippen LogP contribution is -2.35. The average molecular weight is 537 g/mol. The standard InChI is InChI=1S/C22H28ClN5O4.CH3.ClH.Mg/c1-6-9-10-13(29)15-16-17(32-22(4,5)31-16)20(30-15)28-11-24-14-18(25-12(7-2)8-3)26-21(23)27-19(14)28;;;/h11-12,15-17,20H,6-8H2,1-5H3,(H,25,26,27);1H3;1H;/q;;;+1/p-1/t15-,16-,17-,20-;;;/m1.../s1. The van der Waals surface area contributed by atoms with E-state index in [-0.39, 0.29) is 36.4 Å². The highest BCUT2D eigenvalue weighted by Gasteiger charge is 2.58. The molecule has 4 heterocycles. The Hall–Kier alpha value is -1.19. The van der Waals surface area contributed by atoms with Gasteiger partial charge in [0.05, 0.1) is 6.33 Å². The zero-order chi connectivity index (χ0) is 25.8. The number of carbonyl (C=O) groups excluding carboxylic acids is 1. The van der Waals surface area contributed by atoms with E-state index in [9.17, 15) is 4.79 Å². The zero-order valence-electron chi connectivity index (χ0n) is 21.0. The SMILES string of the molecule is CCC#CC(=O)[C@H]1O[C@@H](n2cnc3c(NC(CC)CC)nc(Cl)nc32)[C@@H]2OC(C)(C)O[C@@H]21.[CH3][Mg][Cl]. The number of Topliss-reactive ketones (excluding diaryl/α,β-unsaturated/α-hetero) is 1. The molecule has 2 aromatic rings. The number of hydrogen-bond donors (Lipinski definition) is 1. The summed E-state index contributed by atoms with van der Waals surface area (Å²) in [5.74, 6) is 4.81. The van der Waals surface area contributed by atoms with Gasteiger partial charge in [-0.3, -0.25) is 9.36 Å². The molecule has 0 amide bonds. The summed E-state index contributed by atoms with van der Waals surface area (Å²) in [6.07, 6.45) is 1.35. The van der Waals surface area contributed by atoms with Gasteiger partial charge in [0, 0.05) is 12.5 Å². The Bertz CT molecular complexity index is 1100. The zero-order valence-corrected chi connectivity index (χ0v) is 23.9. The third-order valence-electron chi connectivity index (χ3n) is 5.67. The van der Waals surface area contributed by atoms with E-state index in [0.29, 0.717) is 23.4 Å². The van der Waals surface area contributed by atoms with Crippen LogP contribution in [-0.2, 0) is 19.0 Å². The quantitative estimate of drug-likeness (QED) is 0.251. The minimum absolute atomic E-state index is 0.0904. The molecule has 4 atom stereocenters. The molecule has 2 aliphatic heterocycles. The van der Waals surface area contributed by atoms with Crippen molar-refractivity contribution < 1.29 is 19.0 Å². The molecule has 0 aromatic carbocycles. The fourth-order valence-corrected chi connectivity index (χ4v) is 4.29. The van der Waals surface area contributed by atoms with Crippen molar-refractivity contribution in [1.82, 2.24) is 19.5 Å². The Kier molecular flexibility index (Phi) is 10.0. The van der Waals surface area contributed by atoms with Crippen molar-refractivity contribution in [2.75, 3.05) is 5.32 Å². The van der Waals surface area contributed by atoms with Gasteiger partial charge in [0.25, 0.3) is 0 Å². The number of carbonyl (C=O) groups is 1.